The van der Waals surface area contributed by atoms with Crippen LogP contribution in [0.1, 0.15) is 51.0 Å². The predicted molar refractivity (Wildman–Crippen MR) is 88.1 cm³/mol. The van der Waals surface area contributed by atoms with Crippen LogP contribution in [0.15, 0.2) is 16.6 Å². The summed E-state index contributed by atoms with van der Waals surface area (Å²) in [4.78, 5) is 0. The van der Waals surface area contributed by atoms with E-state index in [1.807, 2.05) is 6.07 Å². The second-order valence-corrected chi connectivity index (χ2v) is 7.37. The van der Waals surface area contributed by atoms with Crippen LogP contribution < -0.4 is 15.2 Å². The van der Waals surface area contributed by atoms with E-state index in [4.69, 9.17) is 15.2 Å². The summed E-state index contributed by atoms with van der Waals surface area (Å²) in [6.45, 7) is 2.10. The lowest BCUT2D eigenvalue weighted by Gasteiger charge is -2.26. The van der Waals surface area contributed by atoms with Crippen molar-refractivity contribution >= 4 is 15.9 Å². The lowest BCUT2D eigenvalue weighted by molar-refractivity contribution is 0.196. The van der Waals surface area contributed by atoms with Gasteiger partial charge in [0.2, 0.25) is 0 Å². The zero-order valence-corrected chi connectivity index (χ0v) is 14.4. The first kappa shape index (κ1) is 15.2. The Labute approximate surface area is 135 Å². The number of benzene rings is 1. The molecule has 0 saturated heterocycles. The minimum Gasteiger partial charge on any atom is -0.493 e. The van der Waals surface area contributed by atoms with Crippen LogP contribution in [-0.4, -0.2) is 19.3 Å². The molecule has 0 radical (unpaired) electrons. The molecule has 2 fully saturated rings. The number of hydrogen-bond donors (Lipinski definition) is 1. The van der Waals surface area contributed by atoms with Crippen LogP contribution >= 0.6 is 15.9 Å². The molecule has 2 N–H and O–H groups in total. The fraction of sp³-hybridized carbons (Fsp3) is 0.647. The summed E-state index contributed by atoms with van der Waals surface area (Å²) in [5.74, 6) is 1.74. The summed E-state index contributed by atoms with van der Waals surface area (Å²) < 4.78 is 13.0. The van der Waals surface area contributed by atoms with E-state index in [2.05, 4.69) is 28.9 Å². The average molecular weight is 354 g/mol. The molecule has 0 bridgehead atoms. The van der Waals surface area contributed by atoms with Crippen molar-refractivity contribution in [3.8, 4) is 11.5 Å². The highest BCUT2D eigenvalue weighted by molar-refractivity contribution is 9.10. The van der Waals surface area contributed by atoms with E-state index >= 15 is 0 Å². The summed E-state index contributed by atoms with van der Waals surface area (Å²) in [5, 5.41) is 0. The maximum absolute atomic E-state index is 6.36. The smallest absolute Gasteiger partial charge is 0.165 e. The zero-order chi connectivity index (χ0) is 15.0. The molecule has 3 rings (SSSR count). The van der Waals surface area contributed by atoms with Crippen LogP contribution in [0.5, 0.6) is 11.5 Å². The van der Waals surface area contributed by atoms with Crippen LogP contribution in [-0.2, 0) is 5.41 Å². The normalized spacial score (nSPS) is 22.1. The van der Waals surface area contributed by atoms with E-state index in [0.29, 0.717) is 6.10 Å². The third-order valence-electron chi connectivity index (χ3n) is 5.02. The van der Waals surface area contributed by atoms with Crippen LogP contribution in [0.2, 0.25) is 0 Å². The standard InChI is InChI=1S/C17H24BrNO2/c1-11(19)17(7-8-17)14-9-12(18)10-15(20-2)16(14)21-13-5-3-4-6-13/h9-11,13H,3-8,19H2,1-2H3. The highest BCUT2D eigenvalue weighted by atomic mass is 79.9. The monoisotopic (exact) mass is 353 g/mol. The molecule has 2 aliphatic carbocycles. The average Bonchev–Trinajstić information content (AvgIpc) is 3.12. The molecular formula is C17H24BrNO2. The number of methoxy groups -OCH3 is 1. The molecular weight excluding hydrogens is 330 g/mol. The zero-order valence-electron chi connectivity index (χ0n) is 12.8. The van der Waals surface area contributed by atoms with Gasteiger partial charge in [-0.2, -0.15) is 0 Å². The van der Waals surface area contributed by atoms with Gasteiger partial charge in [-0.1, -0.05) is 15.9 Å². The summed E-state index contributed by atoms with van der Waals surface area (Å²) in [7, 11) is 1.71. The second kappa shape index (κ2) is 5.81. The number of ether oxygens (including phenoxy) is 2. The van der Waals surface area contributed by atoms with Gasteiger partial charge in [-0.15, -0.1) is 0 Å². The molecule has 0 spiro atoms. The number of hydrogen-bond acceptors (Lipinski definition) is 3. The van der Waals surface area contributed by atoms with E-state index < -0.39 is 0 Å². The van der Waals surface area contributed by atoms with Gasteiger partial charge in [0.1, 0.15) is 0 Å². The minimum atomic E-state index is 0.0605. The molecule has 0 amide bonds. The molecule has 21 heavy (non-hydrogen) atoms. The Balaban J connectivity index is 2.02. The Bertz CT molecular complexity index is 520. The first-order chi connectivity index (χ1) is 10.1. The lowest BCUT2D eigenvalue weighted by atomic mass is 9.88. The van der Waals surface area contributed by atoms with Crippen molar-refractivity contribution in [3.05, 3.63) is 22.2 Å². The molecule has 116 valence electrons. The topological polar surface area (TPSA) is 44.5 Å². The minimum absolute atomic E-state index is 0.0605. The summed E-state index contributed by atoms with van der Waals surface area (Å²) >= 11 is 3.59. The Morgan fingerprint density at radius 3 is 2.48 bits per heavy atom. The van der Waals surface area contributed by atoms with Crippen molar-refractivity contribution in [2.24, 2.45) is 5.73 Å². The molecule has 1 unspecified atom stereocenters. The van der Waals surface area contributed by atoms with Gasteiger partial charge in [0.15, 0.2) is 11.5 Å². The molecule has 1 atom stereocenters. The Morgan fingerprint density at radius 2 is 1.95 bits per heavy atom. The van der Waals surface area contributed by atoms with E-state index in [1.54, 1.807) is 7.11 Å². The quantitative estimate of drug-likeness (QED) is 0.864. The highest BCUT2D eigenvalue weighted by Crippen LogP contribution is 2.56. The third-order valence-corrected chi connectivity index (χ3v) is 5.48. The fourth-order valence-corrected chi connectivity index (χ4v) is 3.93. The molecule has 0 aromatic heterocycles. The molecule has 3 nitrogen and oxygen atoms in total. The first-order valence-corrected chi connectivity index (χ1v) is 8.66. The third kappa shape index (κ3) is 2.80. The van der Waals surface area contributed by atoms with Crippen molar-refractivity contribution in [2.45, 2.75) is 63.0 Å². The van der Waals surface area contributed by atoms with Gasteiger partial charge >= 0.3 is 0 Å². The van der Waals surface area contributed by atoms with Crippen molar-refractivity contribution in [3.63, 3.8) is 0 Å². The summed E-state index contributed by atoms with van der Waals surface area (Å²) in [6, 6.07) is 4.29. The van der Waals surface area contributed by atoms with Gasteiger partial charge in [0.05, 0.1) is 13.2 Å². The van der Waals surface area contributed by atoms with Crippen molar-refractivity contribution < 1.29 is 9.47 Å². The van der Waals surface area contributed by atoms with Gasteiger partial charge in [-0.3, -0.25) is 0 Å². The van der Waals surface area contributed by atoms with Crippen LogP contribution in [0.4, 0.5) is 0 Å². The van der Waals surface area contributed by atoms with Gasteiger partial charge in [0, 0.05) is 21.5 Å². The van der Waals surface area contributed by atoms with Crippen LogP contribution in [0.3, 0.4) is 0 Å². The largest absolute Gasteiger partial charge is 0.493 e. The Morgan fingerprint density at radius 1 is 1.29 bits per heavy atom. The molecule has 4 heteroatoms. The van der Waals surface area contributed by atoms with Crippen LogP contribution in [0, 0.1) is 0 Å². The van der Waals surface area contributed by atoms with Crippen molar-refractivity contribution in [2.75, 3.05) is 7.11 Å². The van der Waals surface area contributed by atoms with Gasteiger partial charge in [0.25, 0.3) is 0 Å². The SMILES string of the molecule is COc1cc(Br)cc(C2(C(C)N)CC2)c1OC1CCCC1. The lowest BCUT2D eigenvalue weighted by Crippen LogP contribution is -2.32. The molecule has 0 aliphatic heterocycles. The second-order valence-electron chi connectivity index (χ2n) is 6.45. The summed E-state index contributed by atoms with van der Waals surface area (Å²) in [6.07, 6.45) is 7.39. The van der Waals surface area contributed by atoms with Gasteiger partial charge in [-0.25, -0.2) is 0 Å². The predicted octanol–water partition coefficient (Wildman–Crippen LogP) is 4.16. The Hall–Kier alpha value is -0.740. The molecule has 1 aromatic rings. The fourth-order valence-electron chi connectivity index (χ4n) is 3.49. The van der Waals surface area contributed by atoms with Crippen LogP contribution in [0.25, 0.3) is 0 Å². The van der Waals surface area contributed by atoms with Crippen molar-refractivity contribution in [1.29, 1.82) is 0 Å². The maximum atomic E-state index is 6.36. The van der Waals surface area contributed by atoms with E-state index in [-0.39, 0.29) is 11.5 Å². The molecule has 2 aliphatic rings. The molecule has 2 saturated carbocycles. The number of halogens is 1. The summed E-state index contributed by atoms with van der Waals surface area (Å²) in [5.41, 5.74) is 7.55. The molecule has 1 aromatic carbocycles. The van der Waals surface area contributed by atoms with Gasteiger partial charge in [-0.05, 0) is 57.6 Å². The van der Waals surface area contributed by atoms with Gasteiger partial charge < -0.3 is 15.2 Å². The van der Waals surface area contributed by atoms with E-state index in [1.165, 1.54) is 18.4 Å². The first-order valence-electron chi connectivity index (χ1n) is 7.87. The maximum Gasteiger partial charge on any atom is 0.165 e. The number of rotatable bonds is 5. The van der Waals surface area contributed by atoms with E-state index in [0.717, 1.165) is 41.7 Å². The molecule has 0 heterocycles. The van der Waals surface area contributed by atoms with E-state index in [9.17, 15) is 0 Å². The Kier molecular flexibility index (Phi) is 4.19. The highest BCUT2D eigenvalue weighted by Gasteiger charge is 2.50. The number of nitrogens with two attached hydrogens (primary N) is 1. The van der Waals surface area contributed by atoms with Crippen molar-refractivity contribution in [1.82, 2.24) is 0 Å².